The average Bonchev–Trinajstić information content (AvgIpc) is 2.95. The number of amides is 3. The van der Waals surface area contributed by atoms with E-state index in [1.165, 1.54) is 41.4 Å². The second-order valence-electron chi connectivity index (χ2n) is 6.59. The Morgan fingerprint density at radius 2 is 2.11 bits per heavy atom. The highest BCUT2D eigenvalue weighted by Crippen LogP contribution is 2.34. The third kappa shape index (κ3) is 5.29. The Morgan fingerprint density at radius 1 is 1.26 bits per heavy atom. The fraction of sp³-hybridized carbons (Fsp3) is 0.474. The summed E-state index contributed by atoms with van der Waals surface area (Å²) in [6, 6.07) is -0.438. The van der Waals surface area contributed by atoms with Gasteiger partial charge < -0.3 is 5.32 Å². The molecule has 0 atom stereocenters. The van der Waals surface area contributed by atoms with E-state index in [1.807, 2.05) is 6.92 Å². The highest BCUT2D eigenvalue weighted by atomic mass is 32.2. The van der Waals surface area contributed by atoms with E-state index in [4.69, 9.17) is 0 Å². The van der Waals surface area contributed by atoms with E-state index in [0.29, 0.717) is 6.54 Å². The molecule has 0 bridgehead atoms. The lowest BCUT2D eigenvalue weighted by Crippen LogP contribution is -2.40. The molecule has 2 heterocycles. The van der Waals surface area contributed by atoms with Gasteiger partial charge in [-0.05, 0) is 51.5 Å². The van der Waals surface area contributed by atoms with Crippen molar-refractivity contribution in [3.05, 3.63) is 28.4 Å². The fourth-order valence-electron chi connectivity index (χ4n) is 3.07. The van der Waals surface area contributed by atoms with Gasteiger partial charge in [-0.2, -0.15) is 0 Å². The SMILES string of the molecule is Cc1sc2ncnc(SCC(=O)NC(=O)NCCC3=CCCCC3)c2c1C. The Labute approximate surface area is 167 Å². The first-order valence-corrected chi connectivity index (χ1v) is 10.9. The molecule has 2 aromatic heterocycles. The van der Waals surface area contributed by atoms with Gasteiger partial charge in [0.2, 0.25) is 5.91 Å². The maximum Gasteiger partial charge on any atom is 0.321 e. The standard InChI is InChI=1S/C19H24N4O2S2/c1-12-13(2)27-18-16(12)17(21-11-22-18)26-10-15(24)23-19(25)20-9-8-14-6-4-3-5-7-14/h6,11H,3-5,7-10H2,1-2H3,(H2,20,23,24,25). The number of urea groups is 1. The third-order valence-corrected chi connectivity index (χ3v) is 6.74. The molecule has 0 fully saturated rings. The van der Waals surface area contributed by atoms with Crippen LogP contribution < -0.4 is 10.6 Å². The molecular formula is C19H24N4O2S2. The van der Waals surface area contributed by atoms with E-state index in [-0.39, 0.29) is 11.7 Å². The highest BCUT2D eigenvalue weighted by Gasteiger charge is 2.14. The lowest BCUT2D eigenvalue weighted by Gasteiger charge is -2.13. The summed E-state index contributed by atoms with van der Waals surface area (Å²) >= 11 is 2.95. The molecule has 1 aliphatic rings. The first-order chi connectivity index (χ1) is 13.0. The van der Waals surface area contributed by atoms with Gasteiger partial charge in [0.25, 0.3) is 0 Å². The van der Waals surface area contributed by atoms with E-state index in [1.54, 1.807) is 11.3 Å². The van der Waals surface area contributed by atoms with Gasteiger partial charge in [0.05, 0.1) is 5.75 Å². The second-order valence-corrected chi connectivity index (χ2v) is 8.76. The maximum atomic E-state index is 12.1. The number of rotatable bonds is 6. The summed E-state index contributed by atoms with van der Waals surface area (Å²) in [4.78, 5) is 34.7. The number of aryl methyl sites for hydroxylation is 2. The largest absolute Gasteiger partial charge is 0.337 e. The minimum atomic E-state index is -0.438. The first-order valence-electron chi connectivity index (χ1n) is 9.13. The Kier molecular flexibility index (Phi) is 6.84. The topological polar surface area (TPSA) is 84.0 Å². The molecule has 27 heavy (non-hydrogen) atoms. The molecule has 0 aromatic carbocycles. The Bertz CT molecular complexity index is 876. The van der Waals surface area contributed by atoms with Gasteiger partial charge in [-0.15, -0.1) is 11.3 Å². The quantitative estimate of drug-likeness (QED) is 0.430. The van der Waals surface area contributed by atoms with Gasteiger partial charge in [-0.3, -0.25) is 10.1 Å². The molecule has 0 saturated heterocycles. The average molecular weight is 405 g/mol. The molecule has 0 unspecified atom stereocenters. The number of thiophene rings is 1. The molecule has 2 aromatic rings. The number of thioether (sulfide) groups is 1. The number of carbonyl (C=O) groups excluding carboxylic acids is 2. The smallest absolute Gasteiger partial charge is 0.321 e. The number of aromatic nitrogens is 2. The molecule has 1 aliphatic carbocycles. The molecule has 0 radical (unpaired) electrons. The Hall–Kier alpha value is -1.93. The summed E-state index contributed by atoms with van der Waals surface area (Å²) in [5.41, 5.74) is 2.55. The van der Waals surface area contributed by atoms with Crippen LogP contribution >= 0.6 is 23.1 Å². The maximum absolute atomic E-state index is 12.1. The molecule has 6 nitrogen and oxygen atoms in total. The van der Waals surface area contributed by atoms with E-state index in [9.17, 15) is 9.59 Å². The Morgan fingerprint density at radius 3 is 2.89 bits per heavy atom. The van der Waals surface area contributed by atoms with Gasteiger partial charge in [0.1, 0.15) is 16.2 Å². The molecule has 0 aliphatic heterocycles. The first kappa shape index (κ1) is 19.8. The van der Waals surface area contributed by atoms with Crippen molar-refractivity contribution in [2.75, 3.05) is 12.3 Å². The molecule has 3 amide bonds. The van der Waals surface area contributed by atoms with Crippen molar-refractivity contribution < 1.29 is 9.59 Å². The van der Waals surface area contributed by atoms with Crippen LogP contribution in [-0.2, 0) is 4.79 Å². The number of hydrogen-bond acceptors (Lipinski definition) is 6. The molecule has 0 saturated carbocycles. The Balaban J connectivity index is 1.45. The van der Waals surface area contributed by atoms with Crippen molar-refractivity contribution in [3.8, 4) is 0 Å². The number of carbonyl (C=O) groups is 2. The number of hydrogen-bond donors (Lipinski definition) is 2. The summed E-state index contributed by atoms with van der Waals surface area (Å²) in [6.07, 6.45) is 9.38. The second kappa shape index (κ2) is 9.32. The minimum absolute atomic E-state index is 0.138. The van der Waals surface area contributed by atoms with Crippen molar-refractivity contribution in [3.63, 3.8) is 0 Å². The van der Waals surface area contributed by atoms with Crippen LogP contribution in [0.4, 0.5) is 4.79 Å². The molecular weight excluding hydrogens is 380 g/mol. The van der Waals surface area contributed by atoms with Crippen LogP contribution in [-0.4, -0.2) is 34.2 Å². The van der Waals surface area contributed by atoms with Crippen LogP contribution in [0, 0.1) is 13.8 Å². The van der Waals surface area contributed by atoms with Crippen LogP contribution in [0.15, 0.2) is 23.0 Å². The van der Waals surface area contributed by atoms with Gasteiger partial charge >= 0.3 is 6.03 Å². The van der Waals surface area contributed by atoms with E-state index in [0.717, 1.165) is 40.1 Å². The summed E-state index contributed by atoms with van der Waals surface area (Å²) in [6.45, 7) is 4.64. The number of nitrogens with one attached hydrogen (secondary N) is 2. The number of fused-ring (bicyclic) bond motifs is 1. The third-order valence-electron chi connectivity index (χ3n) is 4.64. The van der Waals surface area contributed by atoms with Gasteiger partial charge in [0, 0.05) is 16.8 Å². The van der Waals surface area contributed by atoms with Crippen LogP contribution in [0.5, 0.6) is 0 Å². The van der Waals surface area contributed by atoms with Crippen molar-refractivity contribution in [1.82, 2.24) is 20.6 Å². The zero-order valence-corrected chi connectivity index (χ0v) is 17.3. The van der Waals surface area contributed by atoms with Crippen LogP contribution in [0.1, 0.15) is 42.5 Å². The number of allylic oxidation sites excluding steroid dienone is 1. The zero-order valence-electron chi connectivity index (χ0n) is 15.6. The molecule has 0 spiro atoms. The zero-order chi connectivity index (χ0) is 19.2. The minimum Gasteiger partial charge on any atom is -0.337 e. The summed E-state index contributed by atoms with van der Waals surface area (Å²) < 4.78 is 0. The monoisotopic (exact) mass is 404 g/mol. The van der Waals surface area contributed by atoms with Gasteiger partial charge in [-0.25, -0.2) is 14.8 Å². The van der Waals surface area contributed by atoms with E-state index < -0.39 is 6.03 Å². The van der Waals surface area contributed by atoms with E-state index >= 15 is 0 Å². The molecule has 8 heteroatoms. The summed E-state index contributed by atoms with van der Waals surface area (Å²) in [5, 5.41) is 6.92. The van der Waals surface area contributed by atoms with Gasteiger partial charge in [-0.1, -0.05) is 23.4 Å². The van der Waals surface area contributed by atoms with Gasteiger partial charge in [0.15, 0.2) is 0 Å². The molecule has 3 rings (SSSR count). The number of nitrogens with zero attached hydrogens (tertiary/aromatic N) is 2. The number of imide groups is 1. The van der Waals surface area contributed by atoms with Crippen LogP contribution in [0.2, 0.25) is 0 Å². The fourth-order valence-corrected chi connectivity index (χ4v) is 4.99. The van der Waals surface area contributed by atoms with Crippen molar-refractivity contribution in [2.24, 2.45) is 0 Å². The summed E-state index contributed by atoms with van der Waals surface area (Å²) in [5.74, 6) is -0.190. The predicted octanol–water partition coefficient (Wildman–Crippen LogP) is 4.12. The lowest BCUT2D eigenvalue weighted by atomic mass is 9.97. The van der Waals surface area contributed by atoms with Crippen molar-refractivity contribution in [1.29, 1.82) is 0 Å². The van der Waals surface area contributed by atoms with Crippen molar-refractivity contribution in [2.45, 2.75) is 51.0 Å². The predicted molar refractivity (Wildman–Crippen MR) is 110 cm³/mol. The molecule has 2 N–H and O–H groups in total. The highest BCUT2D eigenvalue weighted by molar-refractivity contribution is 8.00. The van der Waals surface area contributed by atoms with E-state index in [2.05, 4.69) is 33.6 Å². The lowest BCUT2D eigenvalue weighted by molar-refractivity contribution is -0.117. The van der Waals surface area contributed by atoms with Crippen LogP contribution in [0.25, 0.3) is 10.2 Å². The van der Waals surface area contributed by atoms with Crippen molar-refractivity contribution >= 4 is 45.3 Å². The normalized spacial score (nSPS) is 14.1. The molecule has 144 valence electrons. The van der Waals surface area contributed by atoms with Crippen LogP contribution in [0.3, 0.4) is 0 Å². The summed E-state index contributed by atoms with van der Waals surface area (Å²) in [7, 11) is 0.